The molecule has 2 aromatic rings. The SMILES string of the molecule is NC(=S)c1ccnnc1Oc1cc(Cl)c(Br)cc1Cl. The van der Waals surface area contributed by atoms with Gasteiger partial charge in [-0.1, -0.05) is 35.4 Å². The van der Waals surface area contributed by atoms with Crippen LogP contribution in [0.1, 0.15) is 5.56 Å². The van der Waals surface area contributed by atoms with Gasteiger partial charge in [-0.25, -0.2) is 0 Å². The summed E-state index contributed by atoms with van der Waals surface area (Å²) in [7, 11) is 0. The number of nitrogens with two attached hydrogens (primary N) is 1. The molecule has 0 spiro atoms. The largest absolute Gasteiger partial charge is 0.435 e. The monoisotopic (exact) mass is 377 g/mol. The van der Waals surface area contributed by atoms with Crippen LogP contribution in [0.3, 0.4) is 0 Å². The van der Waals surface area contributed by atoms with Crippen molar-refractivity contribution in [1.29, 1.82) is 0 Å². The zero-order chi connectivity index (χ0) is 14.0. The molecule has 1 aromatic heterocycles. The zero-order valence-electron chi connectivity index (χ0n) is 9.23. The summed E-state index contributed by atoms with van der Waals surface area (Å²) in [5, 5.41) is 8.38. The van der Waals surface area contributed by atoms with E-state index in [2.05, 4.69) is 26.1 Å². The first kappa shape index (κ1) is 14.5. The maximum absolute atomic E-state index is 6.06. The number of nitrogens with zero attached hydrogens (tertiary/aromatic N) is 2. The molecule has 0 aliphatic rings. The van der Waals surface area contributed by atoms with E-state index in [9.17, 15) is 0 Å². The highest BCUT2D eigenvalue weighted by atomic mass is 79.9. The Morgan fingerprint density at radius 2 is 2.05 bits per heavy atom. The molecule has 0 bridgehead atoms. The maximum atomic E-state index is 6.06. The Balaban J connectivity index is 2.42. The van der Waals surface area contributed by atoms with Crippen LogP contribution in [0.15, 0.2) is 28.9 Å². The van der Waals surface area contributed by atoms with Crippen molar-refractivity contribution in [3.8, 4) is 11.6 Å². The maximum Gasteiger partial charge on any atom is 0.249 e. The number of hydrogen-bond acceptors (Lipinski definition) is 4. The van der Waals surface area contributed by atoms with Crippen LogP contribution in [-0.4, -0.2) is 15.2 Å². The Morgan fingerprint density at radius 3 is 2.74 bits per heavy atom. The smallest absolute Gasteiger partial charge is 0.249 e. The Labute approximate surface area is 133 Å². The molecular formula is C11H6BrCl2N3OS. The van der Waals surface area contributed by atoms with Crippen molar-refractivity contribution in [3.05, 3.63) is 44.5 Å². The van der Waals surface area contributed by atoms with E-state index in [1.807, 2.05) is 0 Å². The van der Waals surface area contributed by atoms with Crippen LogP contribution in [-0.2, 0) is 0 Å². The molecule has 0 aliphatic carbocycles. The van der Waals surface area contributed by atoms with E-state index in [0.717, 1.165) is 0 Å². The minimum Gasteiger partial charge on any atom is -0.435 e. The van der Waals surface area contributed by atoms with Crippen LogP contribution in [0, 0.1) is 0 Å². The van der Waals surface area contributed by atoms with Gasteiger partial charge in [0.2, 0.25) is 5.88 Å². The minimum atomic E-state index is 0.157. The van der Waals surface area contributed by atoms with E-state index >= 15 is 0 Å². The molecule has 19 heavy (non-hydrogen) atoms. The van der Waals surface area contributed by atoms with E-state index in [-0.39, 0.29) is 10.9 Å². The third-order valence-electron chi connectivity index (χ3n) is 2.13. The van der Waals surface area contributed by atoms with E-state index in [1.54, 1.807) is 18.2 Å². The molecule has 0 unspecified atom stereocenters. The highest BCUT2D eigenvalue weighted by molar-refractivity contribution is 9.10. The topological polar surface area (TPSA) is 61.0 Å². The molecule has 1 heterocycles. The first-order chi connectivity index (χ1) is 8.99. The van der Waals surface area contributed by atoms with Crippen LogP contribution >= 0.6 is 51.3 Å². The van der Waals surface area contributed by atoms with Gasteiger partial charge in [0, 0.05) is 10.5 Å². The first-order valence-electron chi connectivity index (χ1n) is 4.93. The lowest BCUT2D eigenvalue weighted by Gasteiger charge is -2.10. The number of benzene rings is 1. The van der Waals surface area contributed by atoms with Gasteiger partial charge in [0.25, 0.3) is 0 Å². The minimum absolute atomic E-state index is 0.157. The van der Waals surface area contributed by atoms with Gasteiger partial charge in [-0.15, -0.1) is 5.10 Å². The molecule has 98 valence electrons. The lowest BCUT2D eigenvalue weighted by atomic mass is 10.3. The van der Waals surface area contributed by atoms with Crippen molar-refractivity contribution < 1.29 is 4.74 Å². The van der Waals surface area contributed by atoms with Crippen LogP contribution in [0.4, 0.5) is 0 Å². The Hall–Kier alpha value is -0.950. The highest BCUT2D eigenvalue weighted by Crippen LogP contribution is 2.36. The molecule has 8 heteroatoms. The number of thiocarbonyl (C=S) groups is 1. The molecule has 2 N–H and O–H groups in total. The molecule has 0 radical (unpaired) electrons. The Kier molecular flexibility index (Phi) is 4.57. The molecule has 0 fully saturated rings. The number of aromatic nitrogens is 2. The highest BCUT2D eigenvalue weighted by Gasteiger charge is 2.13. The lowest BCUT2D eigenvalue weighted by Crippen LogP contribution is -2.12. The normalized spacial score (nSPS) is 10.3. The number of rotatable bonds is 3. The summed E-state index contributed by atoms with van der Waals surface area (Å²) in [5.74, 6) is 0.517. The molecule has 0 amide bonds. The number of halogens is 3. The van der Waals surface area contributed by atoms with Crippen molar-refractivity contribution in [1.82, 2.24) is 10.2 Å². The van der Waals surface area contributed by atoms with E-state index in [4.69, 9.17) is 45.9 Å². The fraction of sp³-hybridized carbons (Fsp3) is 0. The average molecular weight is 379 g/mol. The van der Waals surface area contributed by atoms with E-state index < -0.39 is 0 Å². The van der Waals surface area contributed by atoms with Gasteiger partial charge in [-0.3, -0.25) is 0 Å². The Bertz CT molecular complexity index is 654. The van der Waals surface area contributed by atoms with Crippen LogP contribution in [0.2, 0.25) is 10.0 Å². The van der Waals surface area contributed by atoms with Gasteiger partial charge < -0.3 is 10.5 Å². The number of hydrogen-bond donors (Lipinski definition) is 1. The third kappa shape index (κ3) is 3.33. The van der Waals surface area contributed by atoms with E-state index in [1.165, 1.54) is 6.20 Å². The summed E-state index contributed by atoms with van der Waals surface area (Å²) in [6.07, 6.45) is 1.47. The van der Waals surface area contributed by atoms with Crippen LogP contribution < -0.4 is 10.5 Å². The molecule has 0 atom stereocenters. The summed E-state index contributed by atoms with van der Waals surface area (Å²) in [6, 6.07) is 4.79. The molecule has 0 saturated heterocycles. The van der Waals surface area contributed by atoms with Gasteiger partial charge in [-0.05, 0) is 28.1 Å². The predicted molar refractivity (Wildman–Crippen MR) is 82.2 cm³/mol. The summed E-state index contributed by atoms with van der Waals surface area (Å²) < 4.78 is 6.23. The zero-order valence-corrected chi connectivity index (χ0v) is 13.1. The average Bonchev–Trinajstić information content (AvgIpc) is 2.36. The van der Waals surface area contributed by atoms with Crippen molar-refractivity contribution in [2.75, 3.05) is 0 Å². The second-order valence-corrected chi connectivity index (χ2v) is 5.52. The van der Waals surface area contributed by atoms with E-state index in [0.29, 0.717) is 25.8 Å². The fourth-order valence-corrected chi connectivity index (χ4v) is 2.25. The standard InChI is InChI=1S/C11H6BrCl2N3OS/c12-6-3-8(14)9(4-7(6)13)18-11-5(10(15)19)1-2-16-17-11/h1-4H,(H2,15,19). The first-order valence-corrected chi connectivity index (χ1v) is 6.88. The molecule has 0 aliphatic heterocycles. The second kappa shape index (κ2) is 6.00. The molecule has 1 aromatic carbocycles. The summed E-state index contributed by atoms with van der Waals surface area (Å²) in [5.41, 5.74) is 6.05. The van der Waals surface area contributed by atoms with Crippen LogP contribution in [0.5, 0.6) is 11.6 Å². The van der Waals surface area contributed by atoms with Gasteiger partial charge in [0.05, 0.1) is 21.8 Å². The second-order valence-electron chi connectivity index (χ2n) is 3.41. The summed E-state index contributed by atoms with van der Waals surface area (Å²) >= 11 is 20.2. The van der Waals surface area contributed by atoms with Gasteiger partial charge in [-0.2, -0.15) is 5.10 Å². The quantitative estimate of drug-likeness (QED) is 0.646. The predicted octanol–water partition coefficient (Wildman–Crippen LogP) is 3.97. The molecule has 2 rings (SSSR count). The number of ether oxygens (including phenoxy) is 1. The molecule has 4 nitrogen and oxygen atoms in total. The van der Waals surface area contributed by atoms with Crippen molar-refractivity contribution in [3.63, 3.8) is 0 Å². The van der Waals surface area contributed by atoms with Crippen molar-refractivity contribution >= 4 is 56.3 Å². The lowest BCUT2D eigenvalue weighted by molar-refractivity contribution is 0.454. The van der Waals surface area contributed by atoms with Gasteiger partial charge >= 0.3 is 0 Å². The van der Waals surface area contributed by atoms with Crippen molar-refractivity contribution in [2.24, 2.45) is 5.73 Å². The molecule has 0 saturated carbocycles. The van der Waals surface area contributed by atoms with Crippen molar-refractivity contribution in [2.45, 2.75) is 0 Å². The molecular weight excluding hydrogens is 373 g/mol. The third-order valence-corrected chi connectivity index (χ3v) is 3.85. The summed E-state index contributed by atoms with van der Waals surface area (Å²) in [6.45, 7) is 0. The van der Waals surface area contributed by atoms with Crippen LogP contribution in [0.25, 0.3) is 0 Å². The Morgan fingerprint density at radius 1 is 1.32 bits per heavy atom. The summed E-state index contributed by atoms with van der Waals surface area (Å²) in [4.78, 5) is 0.157. The van der Waals surface area contributed by atoms with Gasteiger partial charge in [0.1, 0.15) is 10.7 Å². The van der Waals surface area contributed by atoms with Gasteiger partial charge in [0.15, 0.2) is 0 Å². The fourth-order valence-electron chi connectivity index (χ4n) is 1.27.